The Hall–Kier alpha value is -1.68. The second-order valence-electron chi connectivity index (χ2n) is 5.48. The zero-order valence-corrected chi connectivity index (χ0v) is 11.8. The lowest BCUT2D eigenvalue weighted by atomic mass is 9.87. The maximum Gasteiger partial charge on any atom is 0.163 e. The Morgan fingerprint density at radius 3 is 2.47 bits per heavy atom. The second kappa shape index (κ2) is 5.53. The van der Waals surface area contributed by atoms with Crippen molar-refractivity contribution in [2.45, 2.75) is 32.1 Å². The van der Waals surface area contributed by atoms with Crippen LogP contribution in [0.4, 0.5) is 0 Å². The average Bonchev–Trinajstić information content (AvgIpc) is 2.80. The van der Waals surface area contributed by atoms with Crippen molar-refractivity contribution in [3.05, 3.63) is 36.2 Å². The molecule has 0 aliphatic carbocycles. The number of hydrogen-bond acceptors (Lipinski definition) is 3. The SMILES string of the molecule is Cn1c(-c2ccccc2)nnc1C(C)(C)CCCO. The molecule has 0 unspecified atom stereocenters. The maximum absolute atomic E-state index is 8.99. The highest BCUT2D eigenvalue weighted by molar-refractivity contribution is 5.55. The molecule has 19 heavy (non-hydrogen) atoms. The van der Waals surface area contributed by atoms with Gasteiger partial charge in [0.2, 0.25) is 0 Å². The molecule has 2 aromatic rings. The smallest absolute Gasteiger partial charge is 0.163 e. The van der Waals surface area contributed by atoms with Gasteiger partial charge in [0, 0.05) is 24.6 Å². The van der Waals surface area contributed by atoms with E-state index in [9.17, 15) is 0 Å². The van der Waals surface area contributed by atoms with Gasteiger partial charge in [-0.25, -0.2) is 0 Å². The molecule has 1 heterocycles. The number of aliphatic hydroxyl groups excluding tert-OH is 1. The molecule has 1 aromatic carbocycles. The summed E-state index contributed by atoms with van der Waals surface area (Å²) in [4.78, 5) is 0. The molecule has 1 N–H and O–H groups in total. The number of nitrogens with zero attached hydrogens (tertiary/aromatic N) is 3. The molecule has 0 aliphatic heterocycles. The number of hydrogen-bond donors (Lipinski definition) is 1. The highest BCUT2D eigenvalue weighted by Crippen LogP contribution is 2.29. The highest BCUT2D eigenvalue weighted by Gasteiger charge is 2.27. The normalized spacial score (nSPS) is 11.8. The van der Waals surface area contributed by atoms with Crippen LogP contribution >= 0.6 is 0 Å². The quantitative estimate of drug-likeness (QED) is 0.897. The lowest BCUT2D eigenvalue weighted by molar-refractivity contribution is 0.265. The second-order valence-corrected chi connectivity index (χ2v) is 5.48. The van der Waals surface area contributed by atoms with Crippen LogP contribution in [0.1, 0.15) is 32.5 Å². The third-order valence-corrected chi connectivity index (χ3v) is 3.47. The summed E-state index contributed by atoms with van der Waals surface area (Å²) in [5.41, 5.74) is 0.985. The molecule has 0 atom stereocenters. The maximum atomic E-state index is 8.99. The Balaban J connectivity index is 2.33. The predicted octanol–water partition coefficient (Wildman–Crippen LogP) is 2.53. The Morgan fingerprint density at radius 2 is 1.84 bits per heavy atom. The highest BCUT2D eigenvalue weighted by atomic mass is 16.2. The zero-order valence-electron chi connectivity index (χ0n) is 11.8. The first kappa shape index (κ1) is 13.7. The summed E-state index contributed by atoms with van der Waals surface area (Å²) in [6.45, 7) is 4.50. The zero-order chi connectivity index (χ0) is 13.9. The van der Waals surface area contributed by atoms with Crippen molar-refractivity contribution in [1.82, 2.24) is 14.8 Å². The van der Waals surface area contributed by atoms with E-state index in [2.05, 4.69) is 24.0 Å². The molecule has 2 rings (SSSR count). The van der Waals surface area contributed by atoms with E-state index in [0.29, 0.717) is 0 Å². The summed E-state index contributed by atoms with van der Waals surface area (Å²) in [5.74, 6) is 1.84. The molecule has 102 valence electrons. The Morgan fingerprint density at radius 1 is 1.16 bits per heavy atom. The molecule has 0 aliphatic rings. The van der Waals surface area contributed by atoms with Crippen LogP contribution in [0.15, 0.2) is 30.3 Å². The van der Waals surface area contributed by atoms with Gasteiger partial charge in [-0.1, -0.05) is 44.2 Å². The Labute approximate surface area is 114 Å². The van der Waals surface area contributed by atoms with Gasteiger partial charge in [0.05, 0.1) is 0 Å². The number of aromatic nitrogens is 3. The van der Waals surface area contributed by atoms with Crippen LogP contribution in [0.5, 0.6) is 0 Å². The first-order chi connectivity index (χ1) is 9.06. The summed E-state index contributed by atoms with van der Waals surface area (Å²) >= 11 is 0. The van der Waals surface area contributed by atoms with Gasteiger partial charge >= 0.3 is 0 Å². The van der Waals surface area contributed by atoms with Gasteiger partial charge in [0.15, 0.2) is 5.82 Å². The van der Waals surface area contributed by atoms with Crippen molar-refractivity contribution in [1.29, 1.82) is 0 Å². The number of aliphatic hydroxyl groups is 1. The van der Waals surface area contributed by atoms with E-state index in [1.807, 2.05) is 41.9 Å². The lowest BCUT2D eigenvalue weighted by Crippen LogP contribution is -2.22. The van der Waals surface area contributed by atoms with E-state index < -0.39 is 0 Å². The third-order valence-electron chi connectivity index (χ3n) is 3.47. The minimum Gasteiger partial charge on any atom is -0.396 e. The first-order valence-corrected chi connectivity index (χ1v) is 6.62. The summed E-state index contributed by atoms with van der Waals surface area (Å²) in [7, 11) is 2.00. The summed E-state index contributed by atoms with van der Waals surface area (Å²) < 4.78 is 2.05. The minimum absolute atomic E-state index is 0.0858. The minimum atomic E-state index is -0.0858. The first-order valence-electron chi connectivity index (χ1n) is 6.62. The fourth-order valence-corrected chi connectivity index (χ4v) is 2.39. The van der Waals surface area contributed by atoms with Crippen molar-refractivity contribution in [2.24, 2.45) is 7.05 Å². The van der Waals surface area contributed by atoms with Gasteiger partial charge in [-0.15, -0.1) is 10.2 Å². The van der Waals surface area contributed by atoms with Crippen LogP contribution in [-0.4, -0.2) is 26.5 Å². The third kappa shape index (κ3) is 2.84. The number of rotatable bonds is 5. The van der Waals surface area contributed by atoms with Crippen molar-refractivity contribution in [2.75, 3.05) is 6.61 Å². The average molecular weight is 259 g/mol. The van der Waals surface area contributed by atoms with Crippen LogP contribution in [0.2, 0.25) is 0 Å². The van der Waals surface area contributed by atoms with Gasteiger partial charge in [0.1, 0.15) is 5.82 Å². The van der Waals surface area contributed by atoms with E-state index >= 15 is 0 Å². The van der Waals surface area contributed by atoms with Gasteiger partial charge in [-0.3, -0.25) is 0 Å². The molecule has 0 spiro atoms. The summed E-state index contributed by atoms with van der Waals surface area (Å²) in [5, 5.41) is 17.6. The van der Waals surface area contributed by atoms with Crippen molar-refractivity contribution in [3.8, 4) is 11.4 Å². The van der Waals surface area contributed by atoms with Crippen LogP contribution in [0.3, 0.4) is 0 Å². The lowest BCUT2D eigenvalue weighted by Gasteiger charge is -2.23. The predicted molar refractivity (Wildman–Crippen MR) is 75.8 cm³/mol. The van der Waals surface area contributed by atoms with E-state index in [0.717, 1.165) is 30.1 Å². The monoisotopic (exact) mass is 259 g/mol. The van der Waals surface area contributed by atoms with Gasteiger partial charge in [-0.2, -0.15) is 0 Å². The van der Waals surface area contributed by atoms with E-state index in [1.165, 1.54) is 0 Å². The van der Waals surface area contributed by atoms with Crippen LogP contribution in [-0.2, 0) is 12.5 Å². The van der Waals surface area contributed by atoms with Crippen LogP contribution in [0, 0.1) is 0 Å². The summed E-state index contributed by atoms with van der Waals surface area (Å²) in [6, 6.07) is 10.1. The molecule has 1 aromatic heterocycles. The van der Waals surface area contributed by atoms with Crippen LogP contribution in [0.25, 0.3) is 11.4 Å². The molecule has 0 saturated heterocycles. The standard InChI is InChI=1S/C15H21N3O/c1-15(2,10-7-11-19)14-17-16-13(18(14)3)12-8-5-4-6-9-12/h4-6,8-9,19H,7,10-11H2,1-3H3. The molecule has 4 nitrogen and oxygen atoms in total. The Bertz CT molecular complexity index is 532. The number of benzene rings is 1. The van der Waals surface area contributed by atoms with Crippen molar-refractivity contribution < 1.29 is 5.11 Å². The summed E-state index contributed by atoms with van der Waals surface area (Å²) in [6.07, 6.45) is 1.67. The Kier molecular flexibility index (Phi) is 4.00. The molecule has 0 bridgehead atoms. The molecule has 0 amide bonds. The van der Waals surface area contributed by atoms with E-state index in [-0.39, 0.29) is 12.0 Å². The molecule has 0 saturated carbocycles. The topological polar surface area (TPSA) is 50.9 Å². The van der Waals surface area contributed by atoms with Gasteiger partial charge in [-0.05, 0) is 12.8 Å². The van der Waals surface area contributed by atoms with Gasteiger partial charge < -0.3 is 9.67 Å². The van der Waals surface area contributed by atoms with Crippen molar-refractivity contribution in [3.63, 3.8) is 0 Å². The fourth-order valence-electron chi connectivity index (χ4n) is 2.39. The van der Waals surface area contributed by atoms with E-state index in [4.69, 9.17) is 5.11 Å². The molecule has 0 fully saturated rings. The van der Waals surface area contributed by atoms with E-state index in [1.54, 1.807) is 0 Å². The van der Waals surface area contributed by atoms with Crippen LogP contribution < -0.4 is 0 Å². The van der Waals surface area contributed by atoms with Crippen molar-refractivity contribution >= 4 is 0 Å². The molecule has 0 radical (unpaired) electrons. The fraction of sp³-hybridized carbons (Fsp3) is 0.467. The molecular formula is C15H21N3O. The largest absolute Gasteiger partial charge is 0.396 e. The molecular weight excluding hydrogens is 238 g/mol. The molecule has 4 heteroatoms. The van der Waals surface area contributed by atoms with Gasteiger partial charge in [0.25, 0.3) is 0 Å².